The van der Waals surface area contributed by atoms with E-state index in [4.69, 9.17) is 9.84 Å². The van der Waals surface area contributed by atoms with Crippen molar-refractivity contribution in [1.82, 2.24) is 0 Å². The van der Waals surface area contributed by atoms with E-state index in [0.717, 1.165) is 47.5 Å². The van der Waals surface area contributed by atoms with Crippen LogP contribution in [-0.4, -0.2) is 29.2 Å². The van der Waals surface area contributed by atoms with Crippen LogP contribution >= 0.6 is 11.8 Å². The second-order valence-corrected chi connectivity index (χ2v) is 10.2. The Balaban J connectivity index is 0.00000249. The van der Waals surface area contributed by atoms with Gasteiger partial charge in [0.25, 0.3) is 0 Å². The minimum Gasteiger partial charge on any atom is -0.460 e. The largest absolute Gasteiger partial charge is 0.460 e. The summed E-state index contributed by atoms with van der Waals surface area (Å²) in [6, 6.07) is 18.0. The van der Waals surface area contributed by atoms with Crippen LogP contribution < -0.4 is 0 Å². The number of carbonyl (C=O) groups is 1. The number of carbonyl (C=O) groups excluding carboxylic acids is 1. The Bertz CT molecular complexity index is 788. The van der Waals surface area contributed by atoms with E-state index in [1.807, 2.05) is 63.2 Å². The van der Waals surface area contributed by atoms with E-state index >= 15 is 0 Å². The fraction of sp³-hybridized carbons (Fsp3) is 0.536. The summed E-state index contributed by atoms with van der Waals surface area (Å²) in [6.45, 7) is 13.1. The number of thioether (sulfide) groups is 1. The van der Waals surface area contributed by atoms with Gasteiger partial charge in [0.1, 0.15) is 6.61 Å². The smallest absolute Gasteiger partial charge is 0.316 e. The van der Waals surface area contributed by atoms with Gasteiger partial charge in [0.15, 0.2) is 0 Å². The summed E-state index contributed by atoms with van der Waals surface area (Å²) < 4.78 is 5.78. The lowest BCUT2D eigenvalue weighted by atomic mass is 9.76. The molecule has 0 aliphatic carbocycles. The van der Waals surface area contributed by atoms with Gasteiger partial charge in [-0.15, -0.1) is 0 Å². The Morgan fingerprint density at radius 1 is 1.00 bits per heavy atom. The highest BCUT2D eigenvalue weighted by Gasteiger charge is 2.37. The Kier molecular flexibility index (Phi) is 12.7. The minimum atomic E-state index is -0.672. The molecule has 1 unspecified atom stereocenters. The number of aliphatic hydroxyl groups is 1. The lowest BCUT2D eigenvalue weighted by Crippen LogP contribution is -2.35. The van der Waals surface area contributed by atoms with Crippen molar-refractivity contribution < 1.29 is 14.6 Å². The Hall–Kier alpha value is -1.78. The monoisotopic (exact) mass is 458 g/mol. The fourth-order valence-corrected chi connectivity index (χ4v) is 4.61. The maximum absolute atomic E-state index is 13.3. The van der Waals surface area contributed by atoms with Gasteiger partial charge in [-0.05, 0) is 49.0 Å². The van der Waals surface area contributed by atoms with Crippen molar-refractivity contribution >= 4 is 17.7 Å². The molecular formula is C28H42O3S. The first kappa shape index (κ1) is 28.3. The van der Waals surface area contributed by atoms with Crippen molar-refractivity contribution in [2.45, 2.75) is 72.8 Å². The van der Waals surface area contributed by atoms with Gasteiger partial charge in [0.2, 0.25) is 0 Å². The second kappa shape index (κ2) is 14.4. The zero-order valence-electron chi connectivity index (χ0n) is 20.8. The zero-order chi connectivity index (χ0) is 24.0. The van der Waals surface area contributed by atoms with E-state index in [0.29, 0.717) is 6.61 Å². The minimum absolute atomic E-state index is 0.163. The molecule has 0 radical (unpaired) electrons. The maximum atomic E-state index is 13.3. The van der Waals surface area contributed by atoms with Crippen LogP contribution in [0.1, 0.15) is 70.6 Å². The van der Waals surface area contributed by atoms with Gasteiger partial charge >= 0.3 is 5.97 Å². The van der Waals surface area contributed by atoms with E-state index < -0.39 is 5.41 Å². The molecule has 2 rings (SSSR count). The maximum Gasteiger partial charge on any atom is 0.316 e. The van der Waals surface area contributed by atoms with Crippen molar-refractivity contribution in [2.24, 2.45) is 5.41 Å². The summed E-state index contributed by atoms with van der Waals surface area (Å²) in [6.07, 6.45) is 2.72. The molecule has 0 amide bonds. The van der Waals surface area contributed by atoms with Crippen LogP contribution in [0.3, 0.4) is 0 Å². The molecule has 1 atom stereocenters. The third-order valence-corrected chi connectivity index (χ3v) is 7.03. The molecule has 0 saturated heterocycles. The van der Waals surface area contributed by atoms with Gasteiger partial charge in [-0.25, -0.2) is 0 Å². The van der Waals surface area contributed by atoms with E-state index in [1.165, 1.54) is 0 Å². The van der Waals surface area contributed by atoms with Gasteiger partial charge in [-0.1, -0.05) is 94.3 Å². The summed E-state index contributed by atoms with van der Waals surface area (Å²) in [5.41, 5.74) is 2.67. The number of hydrogen-bond donors (Lipinski definition) is 1. The molecule has 3 nitrogen and oxygen atoms in total. The summed E-state index contributed by atoms with van der Waals surface area (Å²) in [5.74, 6) is 1.62. The fourth-order valence-electron chi connectivity index (χ4n) is 3.64. The normalized spacial score (nSPS) is 13.0. The van der Waals surface area contributed by atoms with Gasteiger partial charge in [-0.3, -0.25) is 4.79 Å². The molecule has 4 heteroatoms. The van der Waals surface area contributed by atoms with Crippen molar-refractivity contribution in [3.63, 3.8) is 0 Å². The molecule has 0 aliphatic rings. The Labute approximate surface area is 200 Å². The first-order valence-electron chi connectivity index (χ1n) is 11.7. The van der Waals surface area contributed by atoms with Crippen molar-refractivity contribution in [2.75, 3.05) is 18.1 Å². The molecule has 178 valence electrons. The van der Waals surface area contributed by atoms with Gasteiger partial charge in [-0.2, -0.15) is 11.8 Å². The predicted molar refractivity (Wildman–Crippen MR) is 138 cm³/mol. The quantitative estimate of drug-likeness (QED) is 0.276. The van der Waals surface area contributed by atoms with Crippen LogP contribution in [0.5, 0.6) is 0 Å². The second-order valence-electron chi connectivity index (χ2n) is 9.06. The number of ether oxygens (including phenoxy) is 1. The van der Waals surface area contributed by atoms with Crippen LogP contribution in [0.25, 0.3) is 0 Å². The lowest BCUT2D eigenvalue weighted by Gasteiger charge is -2.31. The zero-order valence-corrected chi connectivity index (χ0v) is 21.6. The predicted octanol–water partition coefficient (Wildman–Crippen LogP) is 6.94. The summed E-state index contributed by atoms with van der Waals surface area (Å²) in [4.78, 5) is 13.3. The molecule has 0 heterocycles. The molecule has 1 N–H and O–H groups in total. The first-order valence-corrected chi connectivity index (χ1v) is 12.9. The van der Waals surface area contributed by atoms with Gasteiger partial charge < -0.3 is 9.84 Å². The first-order chi connectivity index (χ1) is 15.3. The van der Waals surface area contributed by atoms with E-state index in [-0.39, 0.29) is 18.0 Å². The lowest BCUT2D eigenvalue weighted by molar-refractivity contribution is -0.151. The van der Waals surface area contributed by atoms with Crippen LogP contribution in [0, 0.1) is 12.3 Å². The topological polar surface area (TPSA) is 46.5 Å². The Morgan fingerprint density at radius 2 is 1.69 bits per heavy atom. The molecule has 0 aliphatic heterocycles. The van der Waals surface area contributed by atoms with E-state index in [9.17, 15) is 4.79 Å². The third kappa shape index (κ3) is 9.38. The van der Waals surface area contributed by atoms with Crippen LogP contribution in [0.4, 0.5) is 0 Å². The highest BCUT2D eigenvalue weighted by Crippen LogP contribution is 2.35. The van der Waals surface area contributed by atoms with Crippen molar-refractivity contribution in [3.8, 4) is 0 Å². The van der Waals surface area contributed by atoms with Gasteiger partial charge in [0.05, 0.1) is 12.0 Å². The number of esters is 1. The molecule has 0 saturated carbocycles. The third-order valence-electron chi connectivity index (χ3n) is 5.58. The van der Waals surface area contributed by atoms with E-state index in [2.05, 4.69) is 32.9 Å². The van der Waals surface area contributed by atoms with Crippen LogP contribution in [0.15, 0.2) is 54.6 Å². The van der Waals surface area contributed by atoms with Crippen LogP contribution in [-0.2, 0) is 21.6 Å². The number of benzene rings is 2. The highest BCUT2D eigenvalue weighted by atomic mass is 32.2. The molecule has 0 fully saturated rings. The average Bonchev–Trinajstić information content (AvgIpc) is 2.79. The molecule has 0 spiro atoms. The Morgan fingerprint density at radius 3 is 2.31 bits per heavy atom. The summed E-state index contributed by atoms with van der Waals surface area (Å²) >= 11 is 1.79. The van der Waals surface area contributed by atoms with Crippen molar-refractivity contribution in [3.05, 3.63) is 71.3 Å². The molecule has 0 bridgehead atoms. The summed E-state index contributed by atoms with van der Waals surface area (Å²) in [7, 11) is 0. The SMILES string of the molecule is CC.Cc1cccc(C(C)(CCCC(C)(C)CSCCO)C(=O)OCc2ccccc2)c1. The number of aliphatic hydroxyl groups excluding tert-OH is 1. The molecule has 32 heavy (non-hydrogen) atoms. The summed E-state index contributed by atoms with van der Waals surface area (Å²) in [5, 5.41) is 9.02. The molecule has 0 aromatic heterocycles. The molecule has 2 aromatic carbocycles. The number of aryl methyl sites for hydroxylation is 1. The highest BCUT2D eigenvalue weighted by molar-refractivity contribution is 7.99. The molecule has 2 aromatic rings. The number of hydrogen-bond acceptors (Lipinski definition) is 4. The standard InChI is InChI=1S/C26H36O3S.C2H6/c1-21-10-8-13-23(18-21)26(4,15-9-14-25(2,3)20-30-17-16-27)24(28)29-19-22-11-6-5-7-12-22;1-2/h5-8,10-13,18,27H,9,14-17,19-20H2,1-4H3;1-2H3. The average molecular weight is 459 g/mol. The number of rotatable bonds is 12. The van der Waals surface area contributed by atoms with Crippen molar-refractivity contribution in [1.29, 1.82) is 0 Å². The van der Waals surface area contributed by atoms with E-state index in [1.54, 1.807) is 11.8 Å². The molecular weight excluding hydrogens is 416 g/mol. The van der Waals surface area contributed by atoms with Gasteiger partial charge in [0, 0.05) is 5.75 Å². The van der Waals surface area contributed by atoms with Crippen LogP contribution in [0.2, 0.25) is 0 Å².